The maximum absolute atomic E-state index is 13.6. The van der Waals surface area contributed by atoms with Gasteiger partial charge in [-0.25, -0.2) is 14.6 Å². The first-order valence-corrected chi connectivity index (χ1v) is 11.2. The highest BCUT2D eigenvalue weighted by Crippen LogP contribution is 2.33. The molecule has 0 aliphatic carbocycles. The standard InChI is InChI=1S/C22H22N6OS/c1-14-6-9-18(28-12-4-10-23-28)20(24-14)22(29)27-11-3-5-19(27)21-25-16-8-7-15(30-2)13-17(16)26-21/h4,6-10,12-13,19H,3,5,11H2,1-2H3,(H,25,26)/t19-/m0/s1. The van der Waals surface area contributed by atoms with E-state index in [2.05, 4.69) is 33.5 Å². The predicted molar refractivity (Wildman–Crippen MR) is 117 cm³/mol. The van der Waals surface area contributed by atoms with Crippen molar-refractivity contribution in [1.82, 2.24) is 29.6 Å². The molecule has 152 valence electrons. The van der Waals surface area contributed by atoms with Gasteiger partial charge in [-0.3, -0.25) is 4.79 Å². The first-order valence-electron chi connectivity index (χ1n) is 9.96. The second-order valence-corrected chi connectivity index (χ2v) is 8.31. The fourth-order valence-electron chi connectivity index (χ4n) is 4.03. The van der Waals surface area contributed by atoms with Crippen LogP contribution >= 0.6 is 11.8 Å². The van der Waals surface area contributed by atoms with Crippen LogP contribution in [0.3, 0.4) is 0 Å². The fraction of sp³-hybridized carbons (Fsp3) is 0.273. The Morgan fingerprint density at radius 3 is 2.93 bits per heavy atom. The molecule has 0 radical (unpaired) electrons. The maximum Gasteiger partial charge on any atom is 0.275 e. The monoisotopic (exact) mass is 418 g/mol. The van der Waals surface area contributed by atoms with Crippen LogP contribution in [-0.2, 0) is 0 Å². The van der Waals surface area contributed by atoms with Gasteiger partial charge in [-0.15, -0.1) is 11.8 Å². The zero-order valence-corrected chi connectivity index (χ0v) is 17.7. The molecule has 0 saturated carbocycles. The topological polar surface area (TPSA) is 79.7 Å². The van der Waals surface area contributed by atoms with Gasteiger partial charge in [-0.2, -0.15) is 5.10 Å². The van der Waals surface area contributed by atoms with Crippen molar-refractivity contribution in [3.63, 3.8) is 0 Å². The summed E-state index contributed by atoms with van der Waals surface area (Å²) in [7, 11) is 0. The summed E-state index contributed by atoms with van der Waals surface area (Å²) in [6, 6.07) is 11.8. The van der Waals surface area contributed by atoms with Gasteiger partial charge in [0, 0.05) is 29.5 Å². The van der Waals surface area contributed by atoms with Gasteiger partial charge < -0.3 is 9.88 Å². The van der Waals surface area contributed by atoms with E-state index in [4.69, 9.17) is 4.98 Å². The number of carbonyl (C=O) groups excluding carboxylic acids is 1. The highest BCUT2D eigenvalue weighted by molar-refractivity contribution is 7.98. The van der Waals surface area contributed by atoms with E-state index in [0.717, 1.165) is 35.4 Å². The van der Waals surface area contributed by atoms with Gasteiger partial charge in [-0.05, 0) is 62.4 Å². The highest BCUT2D eigenvalue weighted by atomic mass is 32.2. The molecule has 1 fully saturated rings. The minimum absolute atomic E-state index is 0.0861. The van der Waals surface area contributed by atoms with Crippen molar-refractivity contribution in [1.29, 1.82) is 0 Å². The van der Waals surface area contributed by atoms with E-state index < -0.39 is 0 Å². The summed E-state index contributed by atoms with van der Waals surface area (Å²) in [6.45, 7) is 2.58. The number of hydrogen-bond donors (Lipinski definition) is 1. The van der Waals surface area contributed by atoms with Crippen molar-refractivity contribution >= 4 is 28.7 Å². The SMILES string of the molecule is CSc1ccc2nc([C@@H]3CCCN3C(=O)c3nc(C)ccc3-n3cccn3)[nH]c2c1. The molecule has 0 spiro atoms. The predicted octanol–water partition coefficient (Wildman–Crippen LogP) is 4.15. The van der Waals surface area contributed by atoms with Gasteiger partial charge in [0.2, 0.25) is 0 Å². The number of thioether (sulfide) groups is 1. The molecule has 1 aliphatic rings. The smallest absolute Gasteiger partial charge is 0.275 e. The number of benzene rings is 1. The first kappa shape index (κ1) is 18.9. The lowest BCUT2D eigenvalue weighted by Crippen LogP contribution is -2.32. The molecule has 1 saturated heterocycles. The molecular formula is C22H22N6OS. The number of amides is 1. The van der Waals surface area contributed by atoms with E-state index in [1.54, 1.807) is 22.6 Å². The van der Waals surface area contributed by atoms with Gasteiger partial charge in [0.1, 0.15) is 5.82 Å². The van der Waals surface area contributed by atoms with Crippen molar-refractivity contribution in [2.75, 3.05) is 12.8 Å². The van der Waals surface area contributed by atoms with Crippen LogP contribution in [0.25, 0.3) is 16.7 Å². The summed E-state index contributed by atoms with van der Waals surface area (Å²) in [5.74, 6) is 0.749. The lowest BCUT2D eigenvalue weighted by atomic mass is 10.2. The third-order valence-corrected chi connectivity index (χ3v) is 6.23. The number of aromatic nitrogens is 5. The van der Waals surface area contributed by atoms with E-state index in [9.17, 15) is 4.79 Å². The lowest BCUT2D eigenvalue weighted by molar-refractivity contribution is 0.0724. The molecule has 3 aromatic heterocycles. The van der Waals surface area contributed by atoms with Crippen molar-refractivity contribution in [3.05, 3.63) is 66.0 Å². The summed E-state index contributed by atoms with van der Waals surface area (Å²) < 4.78 is 1.69. The Labute approximate surface area is 178 Å². The van der Waals surface area contributed by atoms with Crippen molar-refractivity contribution in [2.24, 2.45) is 0 Å². The number of rotatable bonds is 4. The largest absolute Gasteiger partial charge is 0.340 e. The van der Waals surface area contributed by atoms with Crippen LogP contribution in [0.2, 0.25) is 0 Å². The number of nitrogens with zero attached hydrogens (tertiary/aromatic N) is 5. The van der Waals surface area contributed by atoms with Gasteiger partial charge in [0.05, 0.1) is 22.8 Å². The molecule has 30 heavy (non-hydrogen) atoms. The Bertz CT molecular complexity index is 1220. The second-order valence-electron chi connectivity index (χ2n) is 7.43. The number of likely N-dealkylation sites (tertiary alicyclic amines) is 1. The Hall–Kier alpha value is -3.13. The molecule has 1 atom stereocenters. The van der Waals surface area contributed by atoms with Crippen LogP contribution < -0.4 is 0 Å². The molecule has 1 aliphatic heterocycles. The zero-order valence-electron chi connectivity index (χ0n) is 16.9. The first-order chi connectivity index (χ1) is 14.6. The molecule has 1 aromatic carbocycles. The highest BCUT2D eigenvalue weighted by Gasteiger charge is 2.34. The lowest BCUT2D eigenvalue weighted by Gasteiger charge is -2.24. The van der Waals surface area contributed by atoms with Crippen LogP contribution in [-0.4, -0.2) is 48.3 Å². The van der Waals surface area contributed by atoms with E-state index in [1.807, 2.05) is 42.3 Å². The summed E-state index contributed by atoms with van der Waals surface area (Å²) in [5.41, 5.74) is 3.84. The summed E-state index contributed by atoms with van der Waals surface area (Å²) in [4.78, 5) is 29.5. The normalized spacial score (nSPS) is 16.5. The van der Waals surface area contributed by atoms with E-state index in [-0.39, 0.29) is 11.9 Å². The average Bonchev–Trinajstić information content (AvgIpc) is 3.52. The Kier molecular flexibility index (Phi) is 4.78. The molecule has 4 heterocycles. The number of hydrogen-bond acceptors (Lipinski definition) is 5. The van der Waals surface area contributed by atoms with Crippen molar-refractivity contribution < 1.29 is 4.79 Å². The molecule has 0 bridgehead atoms. The summed E-state index contributed by atoms with van der Waals surface area (Å²) >= 11 is 1.70. The molecule has 4 aromatic rings. The van der Waals surface area contributed by atoms with Gasteiger partial charge >= 0.3 is 0 Å². The van der Waals surface area contributed by atoms with Crippen LogP contribution in [0.4, 0.5) is 0 Å². The van der Waals surface area contributed by atoms with Crippen LogP contribution in [0.5, 0.6) is 0 Å². The quantitative estimate of drug-likeness (QED) is 0.504. The number of aryl methyl sites for hydroxylation is 1. The number of aromatic amines is 1. The van der Waals surface area contributed by atoms with E-state index in [0.29, 0.717) is 17.9 Å². The molecule has 8 heteroatoms. The minimum atomic E-state index is -0.0876. The Morgan fingerprint density at radius 2 is 2.13 bits per heavy atom. The Balaban J connectivity index is 1.51. The zero-order chi connectivity index (χ0) is 20.7. The number of imidazole rings is 1. The second kappa shape index (κ2) is 7.60. The minimum Gasteiger partial charge on any atom is -0.340 e. The van der Waals surface area contributed by atoms with Gasteiger partial charge in [0.25, 0.3) is 5.91 Å². The fourth-order valence-corrected chi connectivity index (χ4v) is 4.47. The third kappa shape index (κ3) is 3.27. The Morgan fingerprint density at radius 1 is 1.23 bits per heavy atom. The van der Waals surface area contributed by atoms with Crippen molar-refractivity contribution in [3.8, 4) is 5.69 Å². The molecule has 0 unspecified atom stereocenters. The average molecular weight is 419 g/mol. The summed E-state index contributed by atoms with van der Waals surface area (Å²) in [6.07, 6.45) is 7.40. The maximum atomic E-state index is 13.6. The van der Waals surface area contributed by atoms with Crippen LogP contribution in [0, 0.1) is 6.92 Å². The number of carbonyl (C=O) groups is 1. The molecule has 1 N–H and O–H groups in total. The van der Waals surface area contributed by atoms with Crippen LogP contribution in [0.1, 0.15) is 40.9 Å². The molecule has 5 rings (SSSR count). The van der Waals surface area contributed by atoms with Crippen LogP contribution in [0.15, 0.2) is 53.7 Å². The van der Waals surface area contributed by atoms with E-state index in [1.165, 1.54) is 4.90 Å². The van der Waals surface area contributed by atoms with E-state index >= 15 is 0 Å². The van der Waals surface area contributed by atoms with Gasteiger partial charge in [0.15, 0.2) is 5.69 Å². The third-order valence-electron chi connectivity index (χ3n) is 5.50. The number of nitrogens with one attached hydrogen (secondary N) is 1. The summed E-state index contributed by atoms with van der Waals surface area (Å²) in [5, 5.41) is 4.29. The molecular weight excluding hydrogens is 396 g/mol. The number of H-pyrrole nitrogens is 1. The molecule has 7 nitrogen and oxygen atoms in total. The number of pyridine rings is 1. The van der Waals surface area contributed by atoms with Gasteiger partial charge in [-0.1, -0.05) is 0 Å². The number of fused-ring (bicyclic) bond motifs is 1. The van der Waals surface area contributed by atoms with Crippen molar-refractivity contribution in [2.45, 2.75) is 30.7 Å². The molecule has 1 amide bonds.